The third kappa shape index (κ3) is 2.63. The normalized spacial score (nSPS) is 19.8. The van der Waals surface area contributed by atoms with Gasteiger partial charge in [-0.15, -0.1) is 12.4 Å². The van der Waals surface area contributed by atoms with Crippen LogP contribution in [-0.4, -0.2) is 16.7 Å². The van der Waals surface area contributed by atoms with Crippen LogP contribution >= 0.6 is 25.2 Å². The van der Waals surface area contributed by atoms with Gasteiger partial charge in [0.15, 0.2) is 0 Å². The Balaban J connectivity index is 0.00000112. The molecular formula is C10H12ClFN2S. The van der Waals surface area contributed by atoms with Gasteiger partial charge in [-0.05, 0) is 24.6 Å². The van der Waals surface area contributed by atoms with Crippen molar-refractivity contribution in [3.63, 3.8) is 0 Å². The molecule has 0 radical (unpaired) electrons. The SMILES string of the molecule is CC1=NC(c2ccc(F)cc2)CN1S.Cl. The maximum absolute atomic E-state index is 12.7. The van der Waals surface area contributed by atoms with E-state index in [2.05, 4.69) is 17.8 Å². The van der Waals surface area contributed by atoms with E-state index in [9.17, 15) is 4.39 Å². The summed E-state index contributed by atoms with van der Waals surface area (Å²) in [5.41, 5.74) is 1.03. The fourth-order valence-corrected chi connectivity index (χ4v) is 1.70. The average Bonchev–Trinajstić information content (AvgIpc) is 2.48. The molecule has 15 heavy (non-hydrogen) atoms. The summed E-state index contributed by atoms with van der Waals surface area (Å²) in [7, 11) is 0. The molecule has 2 rings (SSSR count). The summed E-state index contributed by atoms with van der Waals surface area (Å²) in [6.07, 6.45) is 0. The second-order valence-electron chi connectivity index (χ2n) is 3.33. The highest BCUT2D eigenvalue weighted by atomic mass is 35.5. The van der Waals surface area contributed by atoms with Gasteiger partial charge in [-0.25, -0.2) is 4.39 Å². The van der Waals surface area contributed by atoms with Crippen LogP contribution in [0.4, 0.5) is 4.39 Å². The summed E-state index contributed by atoms with van der Waals surface area (Å²) >= 11 is 4.25. The van der Waals surface area contributed by atoms with Crippen molar-refractivity contribution in [1.82, 2.24) is 4.31 Å². The molecule has 1 aliphatic rings. The van der Waals surface area contributed by atoms with Crippen LogP contribution in [0.25, 0.3) is 0 Å². The van der Waals surface area contributed by atoms with Gasteiger partial charge < -0.3 is 4.31 Å². The molecule has 1 aliphatic heterocycles. The van der Waals surface area contributed by atoms with Gasteiger partial charge >= 0.3 is 0 Å². The van der Waals surface area contributed by atoms with Gasteiger partial charge in [-0.1, -0.05) is 24.9 Å². The van der Waals surface area contributed by atoms with Crippen LogP contribution in [0.15, 0.2) is 29.3 Å². The number of hydrogen-bond acceptors (Lipinski definition) is 3. The Hall–Kier alpha value is -0.740. The topological polar surface area (TPSA) is 15.6 Å². The highest BCUT2D eigenvalue weighted by Gasteiger charge is 2.21. The molecule has 1 atom stereocenters. The zero-order valence-electron chi connectivity index (χ0n) is 8.22. The van der Waals surface area contributed by atoms with Crippen molar-refractivity contribution in [3.05, 3.63) is 35.6 Å². The number of rotatable bonds is 1. The van der Waals surface area contributed by atoms with E-state index in [0.717, 1.165) is 17.9 Å². The fourth-order valence-electron chi connectivity index (χ4n) is 1.49. The van der Waals surface area contributed by atoms with Crippen LogP contribution in [0.2, 0.25) is 0 Å². The zero-order chi connectivity index (χ0) is 10.1. The summed E-state index contributed by atoms with van der Waals surface area (Å²) in [6.45, 7) is 2.66. The Morgan fingerprint density at radius 1 is 1.40 bits per heavy atom. The van der Waals surface area contributed by atoms with Crippen molar-refractivity contribution in [2.45, 2.75) is 13.0 Å². The third-order valence-electron chi connectivity index (χ3n) is 2.32. The molecule has 0 aliphatic carbocycles. The average molecular weight is 247 g/mol. The monoisotopic (exact) mass is 246 g/mol. The molecular weight excluding hydrogens is 235 g/mol. The maximum atomic E-state index is 12.7. The molecule has 0 saturated heterocycles. The smallest absolute Gasteiger partial charge is 0.123 e. The lowest BCUT2D eigenvalue weighted by atomic mass is 10.1. The van der Waals surface area contributed by atoms with Gasteiger partial charge in [0.25, 0.3) is 0 Å². The van der Waals surface area contributed by atoms with Gasteiger partial charge in [0.05, 0.1) is 12.6 Å². The van der Waals surface area contributed by atoms with E-state index in [1.54, 1.807) is 16.4 Å². The van der Waals surface area contributed by atoms with Crippen molar-refractivity contribution in [2.24, 2.45) is 4.99 Å². The van der Waals surface area contributed by atoms with Gasteiger partial charge in [0.1, 0.15) is 11.7 Å². The first-order valence-corrected chi connectivity index (χ1v) is 4.83. The number of hydrogen-bond donors (Lipinski definition) is 1. The fraction of sp³-hybridized carbons (Fsp3) is 0.300. The van der Waals surface area contributed by atoms with E-state index in [1.807, 2.05) is 6.92 Å². The van der Waals surface area contributed by atoms with Crippen LogP contribution in [0.1, 0.15) is 18.5 Å². The van der Waals surface area contributed by atoms with Crippen molar-refractivity contribution in [1.29, 1.82) is 0 Å². The molecule has 5 heteroatoms. The maximum Gasteiger partial charge on any atom is 0.123 e. The summed E-state index contributed by atoms with van der Waals surface area (Å²) in [5.74, 6) is 0.692. The summed E-state index contributed by atoms with van der Waals surface area (Å²) in [4.78, 5) is 4.41. The Morgan fingerprint density at radius 2 is 2.00 bits per heavy atom. The van der Waals surface area contributed by atoms with E-state index < -0.39 is 0 Å². The Bertz CT molecular complexity index is 366. The van der Waals surface area contributed by atoms with Crippen LogP contribution in [0, 0.1) is 5.82 Å². The van der Waals surface area contributed by atoms with Crippen LogP contribution in [0.5, 0.6) is 0 Å². The number of amidine groups is 1. The molecule has 0 amide bonds. The minimum absolute atomic E-state index is 0. The van der Waals surface area contributed by atoms with Gasteiger partial charge in [0.2, 0.25) is 0 Å². The second-order valence-corrected chi connectivity index (χ2v) is 3.81. The van der Waals surface area contributed by atoms with E-state index in [4.69, 9.17) is 0 Å². The van der Waals surface area contributed by atoms with E-state index >= 15 is 0 Å². The number of thiol groups is 1. The molecule has 0 spiro atoms. The lowest BCUT2D eigenvalue weighted by molar-refractivity contribution is 0.618. The predicted molar refractivity (Wildman–Crippen MR) is 65.2 cm³/mol. The molecule has 0 saturated carbocycles. The lowest BCUT2D eigenvalue weighted by Gasteiger charge is -2.10. The first kappa shape index (κ1) is 12.3. The van der Waals surface area contributed by atoms with Crippen LogP contribution in [-0.2, 0) is 0 Å². The van der Waals surface area contributed by atoms with E-state index in [1.165, 1.54) is 12.1 Å². The Labute approximate surface area is 100 Å². The zero-order valence-corrected chi connectivity index (χ0v) is 9.93. The number of aliphatic imine (C=N–C) groups is 1. The molecule has 0 N–H and O–H groups in total. The Kier molecular flexibility index (Phi) is 3.99. The molecule has 1 aromatic rings. The molecule has 2 nitrogen and oxygen atoms in total. The summed E-state index contributed by atoms with van der Waals surface area (Å²) in [5, 5.41) is 0. The largest absolute Gasteiger partial charge is 0.305 e. The predicted octanol–water partition coefficient (Wildman–Crippen LogP) is 2.87. The summed E-state index contributed by atoms with van der Waals surface area (Å²) in [6, 6.07) is 6.55. The number of nitrogens with zero attached hydrogens (tertiary/aromatic N) is 2. The van der Waals surface area contributed by atoms with Crippen LogP contribution in [0.3, 0.4) is 0 Å². The highest BCUT2D eigenvalue weighted by Crippen LogP contribution is 2.25. The molecule has 0 bridgehead atoms. The van der Waals surface area contributed by atoms with Crippen molar-refractivity contribution in [2.75, 3.05) is 6.54 Å². The standard InChI is InChI=1S/C10H11FN2S.ClH/c1-7-12-10(6-13(7)14)8-2-4-9(11)5-3-8;/h2-5,10,14H,6H2,1H3;1H. The minimum Gasteiger partial charge on any atom is -0.305 e. The van der Waals surface area contributed by atoms with Gasteiger partial charge in [-0.2, -0.15) is 0 Å². The minimum atomic E-state index is -0.213. The molecule has 0 aromatic heterocycles. The Morgan fingerprint density at radius 3 is 2.47 bits per heavy atom. The number of halogens is 2. The third-order valence-corrected chi connectivity index (χ3v) is 2.77. The highest BCUT2D eigenvalue weighted by molar-refractivity contribution is 7.78. The van der Waals surface area contributed by atoms with Crippen molar-refractivity contribution >= 4 is 31.1 Å². The van der Waals surface area contributed by atoms with E-state index in [0.29, 0.717) is 0 Å². The molecule has 1 unspecified atom stereocenters. The lowest BCUT2D eigenvalue weighted by Crippen LogP contribution is -2.14. The molecule has 0 fully saturated rings. The van der Waals surface area contributed by atoms with E-state index in [-0.39, 0.29) is 24.3 Å². The second kappa shape index (κ2) is 4.86. The summed E-state index contributed by atoms with van der Waals surface area (Å²) < 4.78 is 14.5. The van der Waals surface area contributed by atoms with Gasteiger partial charge in [0, 0.05) is 0 Å². The van der Waals surface area contributed by atoms with Crippen molar-refractivity contribution < 1.29 is 4.39 Å². The molecule has 82 valence electrons. The molecule has 1 heterocycles. The molecule has 1 aromatic carbocycles. The number of benzene rings is 1. The van der Waals surface area contributed by atoms with Crippen molar-refractivity contribution in [3.8, 4) is 0 Å². The first-order chi connectivity index (χ1) is 6.66. The van der Waals surface area contributed by atoms with Gasteiger partial charge in [-0.3, -0.25) is 4.99 Å². The quantitative estimate of drug-likeness (QED) is 0.754. The van der Waals surface area contributed by atoms with Crippen LogP contribution < -0.4 is 0 Å². The first-order valence-electron chi connectivity index (χ1n) is 4.43.